The number of unbranched alkanes of at least 4 members (excludes halogenated alkanes) is 2. The molecule has 3 fully saturated rings. The summed E-state index contributed by atoms with van der Waals surface area (Å²) in [7, 11) is 0. The van der Waals surface area contributed by atoms with E-state index in [-0.39, 0.29) is 25.0 Å². The van der Waals surface area contributed by atoms with Gasteiger partial charge in [0.1, 0.15) is 17.6 Å². The number of amides is 2. The summed E-state index contributed by atoms with van der Waals surface area (Å²) in [6, 6.07) is -0.865. The highest BCUT2D eigenvalue weighted by molar-refractivity contribution is 5.98. The third kappa shape index (κ3) is 3.67. The van der Waals surface area contributed by atoms with E-state index in [0.29, 0.717) is 38.8 Å². The molecule has 3 heterocycles. The minimum atomic E-state index is -1.12. The SMILES string of the molecule is C=CCN(CCCCC)C(=O)C1N(CCCO)C(=O)[C@@H]2[C@H](C(=O)O)[C@]3(CC)CCC12O3. The number of likely N-dealkylation sites (tertiary alicyclic amines) is 1. The van der Waals surface area contributed by atoms with E-state index in [4.69, 9.17) is 4.74 Å². The highest BCUT2D eigenvalue weighted by atomic mass is 16.5. The van der Waals surface area contributed by atoms with Gasteiger partial charge in [0.25, 0.3) is 0 Å². The Kier molecular flexibility index (Phi) is 7.11. The van der Waals surface area contributed by atoms with Crippen LogP contribution in [0, 0.1) is 11.8 Å². The molecule has 0 aromatic heterocycles. The zero-order valence-electron chi connectivity index (χ0n) is 18.7. The number of carbonyl (C=O) groups is 3. The minimum Gasteiger partial charge on any atom is -0.481 e. The Morgan fingerprint density at radius 1 is 1.29 bits per heavy atom. The van der Waals surface area contributed by atoms with Crippen LogP contribution in [0.2, 0.25) is 0 Å². The molecule has 0 aromatic carbocycles. The number of hydrogen-bond donors (Lipinski definition) is 2. The van der Waals surface area contributed by atoms with Gasteiger partial charge in [0.2, 0.25) is 11.8 Å². The number of aliphatic carboxylic acids is 1. The number of fused-ring (bicyclic) bond motifs is 1. The molecule has 2 N–H and O–H groups in total. The maximum absolute atomic E-state index is 13.8. The first-order chi connectivity index (χ1) is 14.8. The number of carboxylic acid groups (broad SMARTS) is 1. The van der Waals surface area contributed by atoms with Crippen LogP contribution in [0.5, 0.6) is 0 Å². The lowest BCUT2D eigenvalue weighted by Crippen LogP contribution is -2.56. The molecule has 8 heteroatoms. The fraction of sp³-hybridized carbons (Fsp3) is 0.783. The van der Waals surface area contributed by atoms with E-state index in [1.165, 1.54) is 4.90 Å². The zero-order valence-corrected chi connectivity index (χ0v) is 18.7. The molecule has 2 unspecified atom stereocenters. The van der Waals surface area contributed by atoms with Crippen molar-refractivity contribution in [3.8, 4) is 0 Å². The summed E-state index contributed by atoms with van der Waals surface area (Å²) in [6.45, 7) is 8.76. The van der Waals surface area contributed by atoms with Crippen molar-refractivity contribution in [2.75, 3.05) is 26.2 Å². The highest BCUT2D eigenvalue weighted by Gasteiger charge is 2.78. The van der Waals surface area contributed by atoms with Gasteiger partial charge in [0.05, 0.1) is 11.5 Å². The van der Waals surface area contributed by atoms with E-state index in [2.05, 4.69) is 13.5 Å². The summed E-state index contributed by atoms with van der Waals surface area (Å²) in [5.74, 6) is -3.40. The molecule has 2 bridgehead atoms. The molecule has 0 radical (unpaired) electrons. The summed E-state index contributed by atoms with van der Waals surface area (Å²) in [5, 5.41) is 19.4. The number of nitrogens with zero attached hydrogens (tertiary/aromatic N) is 2. The molecule has 0 aromatic rings. The molecule has 5 atom stereocenters. The molecule has 2 amide bonds. The molecule has 8 nitrogen and oxygen atoms in total. The number of carboxylic acids is 1. The number of rotatable bonds is 12. The number of ether oxygens (including phenoxy) is 1. The standard InChI is InChI=1S/C23H36N2O6/c1-4-7-8-13-24(12-5-2)20(28)18-23-11-10-22(6-3,31-23)17(21(29)30)16(23)19(27)25(18)14-9-15-26/h5,16-18,26H,2,4,6-15H2,1,3H3,(H,29,30)/t16-,17+,18?,22-,23?/m0/s1. The van der Waals surface area contributed by atoms with E-state index >= 15 is 0 Å². The van der Waals surface area contributed by atoms with Crippen LogP contribution in [0.3, 0.4) is 0 Å². The monoisotopic (exact) mass is 436 g/mol. The van der Waals surface area contributed by atoms with Crippen LogP contribution in [0.15, 0.2) is 12.7 Å². The van der Waals surface area contributed by atoms with Crippen molar-refractivity contribution in [2.45, 2.75) is 76.0 Å². The fourth-order valence-electron chi connectivity index (χ4n) is 6.03. The van der Waals surface area contributed by atoms with Gasteiger partial charge in [-0.05, 0) is 32.1 Å². The first-order valence-electron chi connectivity index (χ1n) is 11.6. The maximum atomic E-state index is 13.8. The average molecular weight is 437 g/mol. The number of aliphatic hydroxyl groups is 1. The van der Waals surface area contributed by atoms with Crippen molar-refractivity contribution in [3.05, 3.63) is 12.7 Å². The summed E-state index contributed by atoms with van der Waals surface area (Å²) >= 11 is 0. The van der Waals surface area contributed by atoms with Crippen LogP contribution in [0.25, 0.3) is 0 Å². The smallest absolute Gasteiger partial charge is 0.310 e. The highest BCUT2D eigenvalue weighted by Crippen LogP contribution is 2.64. The van der Waals surface area contributed by atoms with Crippen molar-refractivity contribution in [1.82, 2.24) is 9.80 Å². The molecule has 3 rings (SSSR count). The fourth-order valence-corrected chi connectivity index (χ4v) is 6.03. The molecule has 31 heavy (non-hydrogen) atoms. The predicted octanol–water partition coefficient (Wildman–Crippen LogP) is 1.81. The van der Waals surface area contributed by atoms with Crippen molar-refractivity contribution in [1.29, 1.82) is 0 Å². The first kappa shape index (κ1) is 23.7. The normalized spacial score (nSPS) is 33.6. The van der Waals surface area contributed by atoms with Crippen LogP contribution in [0.1, 0.15) is 58.8 Å². The summed E-state index contributed by atoms with van der Waals surface area (Å²) in [6.07, 6.45) is 6.36. The van der Waals surface area contributed by atoms with Crippen LogP contribution >= 0.6 is 0 Å². The second kappa shape index (κ2) is 9.28. The summed E-state index contributed by atoms with van der Waals surface area (Å²) in [4.78, 5) is 42.8. The quantitative estimate of drug-likeness (QED) is 0.357. The lowest BCUT2D eigenvalue weighted by Gasteiger charge is -2.37. The topological polar surface area (TPSA) is 107 Å². The number of carbonyl (C=O) groups excluding carboxylic acids is 2. The van der Waals surface area contributed by atoms with Gasteiger partial charge in [-0.3, -0.25) is 14.4 Å². The van der Waals surface area contributed by atoms with Gasteiger partial charge in [0.15, 0.2) is 0 Å². The lowest BCUT2D eigenvalue weighted by molar-refractivity contribution is -0.157. The Balaban J connectivity index is 2.01. The third-order valence-electron chi connectivity index (χ3n) is 7.43. The second-order valence-corrected chi connectivity index (χ2v) is 9.06. The second-order valence-electron chi connectivity index (χ2n) is 9.06. The molecular weight excluding hydrogens is 400 g/mol. The van der Waals surface area contributed by atoms with Crippen molar-refractivity contribution in [2.24, 2.45) is 11.8 Å². The Bertz CT molecular complexity index is 727. The van der Waals surface area contributed by atoms with Crippen LogP contribution < -0.4 is 0 Å². The molecule has 0 aliphatic carbocycles. The van der Waals surface area contributed by atoms with E-state index < -0.39 is 35.0 Å². The van der Waals surface area contributed by atoms with Gasteiger partial charge in [-0.2, -0.15) is 0 Å². The Morgan fingerprint density at radius 2 is 2.03 bits per heavy atom. The number of aliphatic hydroxyl groups excluding tert-OH is 1. The average Bonchev–Trinajstić information content (AvgIpc) is 3.35. The van der Waals surface area contributed by atoms with Crippen molar-refractivity contribution < 1.29 is 29.3 Å². The van der Waals surface area contributed by atoms with Gasteiger partial charge in [-0.1, -0.05) is 32.8 Å². The third-order valence-corrected chi connectivity index (χ3v) is 7.43. The molecule has 1 spiro atoms. The van der Waals surface area contributed by atoms with Crippen molar-refractivity contribution in [3.63, 3.8) is 0 Å². The maximum Gasteiger partial charge on any atom is 0.310 e. The van der Waals surface area contributed by atoms with E-state index in [0.717, 1.165) is 19.3 Å². The lowest BCUT2D eigenvalue weighted by atomic mass is 9.65. The van der Waals surface area contributed by atoms with E-state index in [1.54, 1.807) is 11.0 Å². The Labute approximate surface area is 184 Å². The Morgan fingerprint density at radius 3 is 2.61 bits per heavy atom. The zero-order chi connectivity index (χ0) is 22.8. The van der Waals surface area contributed by atoms with Crippen LogP contribution in [0.4, 0.5) is 0 Å². The predicted molar refractivity (Wildman–Crippen MR) is 114 cm³/mol. The van der Waals surface area contributed by atoms with Gasteiger partial charge in [-0.15, -0.1) is 6.58 Å². The molecule has 3 aliphatic rings. The first-order valence-corrected chi connectivity index (χ1v) is 11.6. The summed E-state index contributed by atoms with van der Waals surface area (Å²) < 4.78 is 6.48. The molecule has 174 valence electrons. The van der Waals surface area contributed by atoms with Gasteiger partial charge < -0.3 is 24.7 Å². The molecule has 0 saturated carbocycles. The van der Waals surface area contributed by atoms with Gasteiger partial charge in [0, 0.05) is 26.2 Å². The molecule has 3 aliphatic heterocycles. The van der Waals surface area contributed by atoms with Crippen molar-refractivity contribution >= 4 is 17.8 Å². The summed E-state index contributed by atoms with van der Waals surface area (Å²) in [5.41, 5.74) is -2.02. The molecular formula is C23H36N2O6. The Hall–Kier alpha value is -1.93. The minimum absolute atomic E-state index is 0.114. The van der Waals surface area contributed by atoms with Crippen LogP contribution in [-0.2, 0) is 19.1 Å². The number of hydrogen-bond acceptors (Lipinski definition) is 5. The van der Waals surface area contributed by atoms with Crippen LogP contribution in [-0.4, -0.2) is 81.3 Å². The van der Waals surface area contributed by atoms with E-state index in [9.17, 15) is 24.6 Å². The van der Waals surface area contributed by atoms with Gasteiger partial charge >= 0.3 is 5.97 Å². The molecule has 3 saturated heterocycles. The van der Waals surface area contributed by atoms with E-state index in [1.807, 2.05) is 6.92 Å². The largest absolute Gasteiger partial charge is 0.481 e. The van der Waals surface area contributed by atoms with Gasteiger partial charge in [-0.25, -0.2) is 0 Å².